The number of ketones is 1. The van der Waals surface area contributed by atoms with Gasteiger partial charge in [-0.25, -0.2) is 22.2 Å². The molecule has 0 unspecified atom stereocenters. The van der Waals surface area contributed by atoms with E-state index in [-0.39, 0.29) is 11.3 Å². The predicted molar refractivity (Wildman–Crippen MR) is 137 cm³/mol. The van der Waals surface area contributed by atoms with E-state index in [0.29, 0.717) is 17.5 Å². The van der Waals surface area contributed by atoms with Crippen molar-refractivity contribution in [3.8, 4) is 11.1 Å². The van der Waals surface area contributed by atoms with Crippen LogP contribution in [0.1, 0.15) is 29.3 Å². The van der Waals surface area contributed by atoms with Gasteiger partial charge in [0.1, 0.15) is 11.5 Å². The van der Waals surface area contributed by atoms with Gasteiger partial charge in [0.25, 0.3) is 0 Å². The number of carbonyl (C=O) groups is 1. The van der Waals surface area contributed by atoms with Gasteiger partial charge < -0.3 is 4.98 Å². The fraction of sp³-hybridized carbons (Fsp3) is 0.111. The molecule has 2 aromatic heterocycles. The molecule has 0 aliphatic rings. The van der Waals surface area contributed by atoms with E-state index in [9.17, 15) is 17.6 Å². The lowest BCUT2D eigenvalue weighted by molar-refractivity contribution is 0.103. The molecule has 5 aromatic rings. The molecule has 0 atom stereocenters. The Hall–Kier alpha value is -4.11. The summed E-state index contributed by atoms with van der Waals surface area (Å²) in [4.78, 5) is 20.6. The lowest BCUT2D eigenvalue weighted by atomic mass is 9.97. The number of pyridine rings is 1. The number of carbonyl (C=O) groups excluding carboxylic acids is 1. The van der Waals surface area contributed by atoms with E-state index in [2.05, 4.69) is 14.7 Å². The molecule has 0 aliphatic heterocycles. The van der Waals surface area contributed by atoms with Gasteiger partial charge in [0.15, 0.2) is 5.82 Å². The van der Waals surface area contributed by atoms with Crippen molar-refractivity contribution in [1.29, 1.82) is 0 Å². The third-order valence-electron chi connectivity index (χ3n) is 5.93. The molecule has 3 aromatic carbocycles. The van der Waals surface area contributed by atoms with Crippen LogP contribution in [0, 0.1) is 11.6 Å². The summed E-state index contributed by atoms with van der Waals surface area (Å²) >= 11 is 0. The number of nitrogens with zero attached hydrogens (tertiary/aromatic N) is 1. The van der Waals surface area contributed by atoms with Crippen LogP contribution in [-0.2, 0) is 10.0 Å². The second-order valence-corrected chi connectivity index (χ2v) is 10.2. The summed E-state index contributed by atoms with van der Waals surface area (Å²) in [6.45, 7) is 1.66. The van der Waals surface area contributed by atoms with Crippen LogP contribution in [0.4, 0.5) is 14.5 Å². The number of rotatable bonds is 7. The van der Waals surface area contributed by atoms with Gasteiger partial charge in [-0.05, 0) is 41.0 Å². The van der Waals surface area contributed by atoms with E-state index in [1.165, 1.54) is 6.20 Å². The Balaban J connectivity index is 1.60. The van der Waals surface area contributed by atoms with E-state index in [1.54, 1.807) is 19.2 Å². The molecule has 2 heterocycles. The summed E-state index contributed by atoms with van der Waals surface area (Å²) in [7, 11) is -3.85. The number of hydrogen-bond donors (Lipinski definition) is 2. The Morgan fingerprint density at radius 2 is 1.81 bits per heavy atom. The van der Waals surface area contributed by atoms with Gasteiger partial charge in [-0.15, -0.1) is 0 Å². The van der Waals surface area contributed by atoms with Crippen molar-refractivity contribution >= 4 is 43.3 Å². The zero-order valence-electron chi connectivity index (χ0n) is 19.2. The number of hydrogen-bond acceptors (Lipinski definition) is 4. The fourth-order valence-corrected chi connectivity index (χ4v) is 5.41. The lowest BCUT2D eigenvalue weighted by Crippen LogP contribution is -2.18. The number of anilines is 1. The average molecular weight is 506 g/mol. The van der Waals surface area contributed by atoms with Crippen molar-refractivity contribution in [3.63, 3.8) is 0 Å². The summed E-state index contributed by atoms with van der Waals surface area (Å²) in [5, 5.41) is 2.42. The minimum atomic E-state index is -3.85. The van der Waals surface area contributed by atoms with Crippen molar-refractivity contribution in [2.45, 2.75) is 13.3 Å². The van der Waals surface area contributed by atoms with Gasteiger partial charge in [0.2, 0.25) is 15.8 Å². The first kappa shape index (κ1) is 23.6. The maximum atomic E-state index is 15.3. The molecule has 0 aliphatic carbocycles. The van der Waals surface area contributed by atoms with E-state index < -0.39 is 38.7 Å². The highest BCUT2D eigenvalue weighted by Crippen LogP contribution is 2.32. The summed E-state index contributed by atoms with van der Waals surface area (Å²) in [5.74, 6) is -3.53. The number of H-pyrrole nitrogens is 1. The van der Waals surface area contributed by atoms with Gasteiger partial charge >= 0.3 is 0 Å². The number of fused-ring (bicyclic) bond motifs is 2. The number of halogens is 2. The first-order chi connectivity index (χ1) is 17.3. The van der Waals surface area contributed by atoms with Crippen LogP contribution in [0.3, 0.4) is 0 Å². The van der Waals surface area contributed by atoms with Gasteiger partial charge in [-0.3, -0.25) is 9.52 Å². The average Bonchev–Trinajstić information content (AvgIpc) is 3.28. The van der Waals surface area contributed by atoms with Crippen LogP contribution in [0.15, 0.2) is 73.1 Å². The van der Waals surface area contributed by atoms with E-state index in [0.717, 1.165) is 34.0 Å². The van der Waals surface area contributed by atoms with Crippen LogP contribution in [0.2, 0.25) is 0 Å². The molecule has 0 fully saturated rings. The van der Waals surface area contributed by atoms with E-state index >= 15 is 4.39 Å². The minimum absolute atomic E-state index is 0.0194. The molecule has 2 N–H and O–H groups in total. The summed E-state index contributed by atoms with van der Waals surface area (Å²) < 4.78 is 56.3. The first-order valence-corrected chi connectivity index (χ1v) is 12.9. The highest BCUT2D eigenvalue weighted by molar-refractivity contribution is 7.92. The number of nitrogens with one attached hydrogen (secondary N) is 2. The van der Waals surface area contributed by atoms with E-state index in [4.69, 9.17) is 0 Å². The lowest BCUT2D eigenvalue weighted by Gasteiger charge is -2.11. The monoisotopic (exact) mass is 505 g/mol. The smallest absolute Gasteiger partial charge is 0.232 e. The zero-order valence-corrected chi connectivity index (χ0v) is 20.0. The topological polar surface area (TPSA) is 91.9 Å². The molecule has 0 spiro atoms. The Labute approximate surface area is 206 Å². The highest BCUT2D eigenvalue weighted by atomic mass is 32.2. The molecule has 182 valence electrons. The van der Waals surface area contributed by atoms with Gasteiger partial charge in [0, 0.05) is 28.9 Å². The van der Waals surface area contributed by atoms with Crippen molar-refractivity contribution in [1.82, 2.24) is 9.97 Å². The van der Waals surface area contributed by atoms with Crippen LogP contribution in [0.5, 0.6) is 0 Å². The summed E-state index contributed by atoms with van der Waals surface area (Å²) in [6.07, 6.45) is 3.32. The van der Waals surface area contributed by atoms with Crippen molar-refractivity contribution in [2.24, 2.45) is 0 Å². The molecular weight excluding hydrogens is 484 g/mol. The molecule has 5 rings (SSSR count). The first-order valence-electron chi connectivity index (χ1n) is 11.3. The molecular formula is C27H21F2N3O3S. The number of sulfonamides is 1. The number of benzene rings is 3. The third-order valence-corrected chi connectivity index (χ3v) is 7.41. The Kier molecular flexibility index (Phi) is 6.01. The molecule has 0 radical (unpaired) electrons. The maximum Gasteiger partial charge on any atom is 0.232 e. The van der Waals surface area contributed by atoms with Crippen molar-refractivity contribution in [2.75, 3.05) is 10.5 Å². The van der Waals surface area contributed by atoms with Crippen LogP contribution < -0.4 is 4.72 Å². The molecule has 36 heavy (non-hydrogen) atoms. The van der Waals surface area contributed by atoms with Crippen LogP contribution >= 0.6 is 0 Å². The normalized spacial score (nSPS) is 11.8. The largest absolute Gasteiger partial charge is 0.345 e. The Morgan fingerprint density at radius 3 is 2.61 bits per heavy atom. The summed E-state index contributed by atoms with van der Waals surface area (Å²) in [5.41, 5.74) is 0.696. The quantitative estimate of drug-likeness (QED) is 0.264. The minimum Gasteiger partial charge on any atom is -0.345 e. The zero-order chi connectivity index (χ0) is 25.4. The molecule has 6 nitrogen and oxygen atoms in total. The van der Waals surface area contributed by atoms with Crippen molar-refractivity contribution in [3.05, 3.63) is 95.8 Å². The fourth-order valence-electron chi connectivity index (χ4n) is 4.28. The maximum absolute atomic E-state index is 15.3. The molecule has 0 saturated heterocycles. The second kappa shape index (κ2) is 9.16. The summed E-state index contributed by atoms with van der Waals surface area (Å²) in [6, 6.07) is 17.3. The van der Waals surface area contributed by atoms with Gasteiger partial charge in [0.05, 0.1) is 17.0 Å². The SMILES string of the molecule is CCCS(=O)(=O)Nc1ccc(F)c(C(=O)c2c[nH]c3ncc(-c4cccc5ccccc45)cc23)c1F. The van der Waals surface area contributed by atoms with Gasteiger partial charge in [-0.2, -0.15) is 0 Å². The number of aromatic amines is 1. The molecule has 0 amide bonds. The standard InChI is InChI=1S/C27H21F2N3O3S/c1-2-12-36(34,35)32-23-11-10-22(28)24(25(23)29)26(33)21-15-31-27-20(21)13-17(14-30-27)19-9-5-7-16-6-3-4-8-18(16)19/h3-11,13-15,32H,2,12H2,1H3,(H,30,31). The predicted octanol–water partition coefficient (Wildman–Crippen LogP) is 6.04. The van der Waals surface area contributed by atoms with E-state index in [1.807, 2.05) is 42.5 Å². The molecule has 0 bridgehead atoms. The molecule has 9 heteroatoms. The van der Waals surface area contributed by atoms with Crippen molar-refractivity contribution < 1.29 is 22.0 Å². The highest BCUT2D eigenvalue weighted by Gasteiger charge is 2.26. The Bertz CT molecular complexity index is 1740. The second-order valence-electron chi connectivity index (χ2n) is 8.38. The van der Waals surface area contributed by atoms with Gasteiger partial charge in [-0.1, -0.05) is 49.4 Å². The third kappa shape index (κ3) is 4.22. The number of aromatic nitrogens is 2. The molecule has 0 saturated carbocycles. The Morgan fingerprint density at radius 1 is 1.03 bits per heavy atom. The van der Waals surface area contributed by atoms with Crippen LogP contribution in [0.25, 0.3) is 32.9 Å². The van der Waals surface area contributed by atoms with Crippen LogP contribution in [-0.4, -0.2) is 29.9 Å².